The maximum absolute atomic E-state index is 13.4. The number of carbonyl (C=O) groups excluding carboxylic acids is 2. The van der Waals surface area contributed by atoms with E-state index in [0.717, 1.165) is 37.2 Å². The summed E-state index contributed by atoms with van der Waals surface area (Å²) in [4.78, 5) is 31.9. The monoisotopic (exact) mass is 753 g/mol. The molecule has 0 fully saturated rings. The minimum Gasteiger partial charge on any atom is -0.379 e. The van der Waals surface area contributed by atoms with E-state index in [4.69, 9.17) is 30.4 Å². The summed E-state index contributed by atoms with van der Waals surface area (Å²) < 4.78 is 21.9. The van der Waals surface area contributed by atoms with Crippen molar-refractivity contribution in [3.63, 3.8) is 0 Å². The third kappa shape index (κ3) is 14.8. The van der Waals surface area contributed by atoms with E-state index in [0.29, 0.717) is 87.5 Å². The van der Waals surface area contributed by atoms with E-state index in [1.807, 2.05) is 36.4 Å². The second-order valence-electron chi connectivity index (χ2n) is 13.2. The van der Waals surface area contributed by atoms with Gasteiger partial charge in [-0.05, 0) is 112 Å². The summed E-state index contributed by atoms with van der Waals surface area (Å²) in [6.45, 7) is 10.6. The Bertz CT molecular complexity index is 1720. The average Bonchev–Trinajstić information content (AvgIpc) is 3.22. The lowest BCUT2D eigenvalue weighted by Crippen LogP contribution is -2.22. The van der Waals surface area contributed by atoms with Gasteiger partial charge >= 0.3 is 0 Å². The number of nitrogens with two attached hydrogens (primary N) is 2. The maximum atomic E-state index is 13.4. The molecule has 0 radical (unpaired) electrons. The van der Waals surface area contributed by atoms with Gasteiger partial charge in [0.1, 0.15) is 0 Å². The molecular weight excluding hydrogens is 695 g/mol. The lowest BCUT2D eigenvalue weighted by atomic mass is 9.92. The number of amides is 2. The van der Waals surface area contributed by atoms with Crippen molar-refractivity contribution in [2.75, 3.05) is 82.7 Å². The first-order chi connectivity index (χ1) is 26.9. The highest BCUT2D eigenvalue weighted by molar-refractivity contribution is 6.06. The number of nitrogens with one attached hydrogen (secondary N) is 1. The van der Waals surface area contributed by atoms with Gasteiger partial charge in [-0.3, -0.25) is 14.6 Å². The predicted octanol–water partition coefficient (Wildman–Crippen LogP) is 6.47. The first-order valence-electron chi connectivity index (χ1n) is 19.6. The lowest BCUT2D eigenvalue weighted by Gasteiger charge is -2.23. The van der Waals surface area contributed by atoms with Gasteiger partial charge in [0.2, 0.25) is 5.91 Å². The van der Waals surface area contributed by atoms with Gasteiger partial charge in [0, 0.05) is 54.8 Å². The van der Waals surface area contributed by atoms with Crippen LogP contribution in [-0.4, -0.2) is 89.3 Å². The maximum Gasteiger partial charge on any atom is 0.255 e. The zero-order valence-electron chi connectivity index (χ0n) is 32.6. The van der Waals surface area contributed by atoms with E-state index >= 15 is 0 Å². The molecule has 2 amide bonds. The summed E-state index contributed by atoms with van der Waals surface area (Å²) in [6, 6.07) is 25.4. The zero-order chi connectivity index (χ0) is 39.1. The summed E-state index contributed by atoms with van der Waals surface area (Å²) >= 11 is 0. The largest absolute Gasteiger partial charge is 0.379 e. The minimum absolute atomic E-state index is 0.236. The molecule has 1 aliphatic carbocycles. The topological polar surface area (TPSA) is 151 Å². The fourth-order valence-corrected chi connectivity index (χ4v) is 6.33. The van der Waals surface area contributed by atoms with Crippen molar-refractivity contribution in [3.05, 3.63) is 113 Å². The van der Waals surface area contributed by atoms with Crippen LogP contribution < -0.4 is 21.7 Å². The molecule has 296 valence electrons. The Morgan fingerprint density at radius 3 is 1.98 bits per heavy atom. The lowest BCUT2D eigenvalue weighted by molar-refractivity contribution is -0.00118. The normalized spacial score (nSPS) is 12.0. The molecule has 0 atom stereocenters. The molecule has 55 heavy (non-hydrogen) atoms. The van der Waals surface area contributed by atoms with Crippen molar-refractivity contribution >= 4 is 23.2 Å². The molecule has 5 N–H and O–H groups in total. The van der Waals surface area contributed by atoms with Crippen LogP contribution in [0.5, 0.6) is 0 Å². The van der Waals surface area contributed by atoms with Crippen LogP contribution in [0.15, 0.2) is 85.1 Å². The van der Waals surface area contributed by atoms with Crippen molar-refractivity contribution < 1.29 is 28.5 Å². The summed E-state index contributed by atoms with van der Waals surface area (Å²) in [7, 11) is 0. The number of ether oxygens (including phenoxy) is 4. The summed E-state index contributed by atoms with van der Waals surface area (Å²) in [6.07, 6.45) is 8.51. The molecule has 0 saturated heterocycles. The number of aryl methyl sites for hydroxylation is 3. The van der Waals surface area contributed by atoms with Crippen LogP contribution in [0.25, 0.3) is 11.3 Å². The minimum atomic E-state index is -0.540. The molecule has 4 aromatic rings. The van der Waals surface area contributed by atoms with Gasteiger partial charge in [-0.1, -0.05) is 36.4 Å². The number of carbonyl (C=O) groups is 2. The Kier molecular flexibility index (Phi) is 19.3. The third-order valence-corrected chi connectivity index (χ3v) is 9.28. The standard InChI is InChI=1S/C34H47N5O6.C10H12/c1-3-39(4-2)29-10-11-31(30(25-29)32-24-27(33(36)40)12-14-37-32)38-34(41)28-9-5-7-26(23-28)8-6-15-42-17-19-44-21-22-45-20-18-43-16-13-35;1-2-6-10-8-4-3-7-9(10)5-1/h5,7,9-12,14,23-25H,3-4,6,8,13,15-22,35H2,1-2H3,(H2,36,40)(H,38,41);1-2,5-6H,3-4,7-8H2. The van der Waals surface area contributed by atoms with Gasteiger partial charge in [-0.2, -0.15) is 0 Å². The number of hydrogen-bond acceptors (Lipinski definition) is 9. The van der Waals surface area contributed by atoms with Crippen molar-refractivity contribution in [3.8, 4) is 11.3 Å². The Morgan fingerprint density at radius 1 is 0.727 bits per heavy atom. The van der Waals surface area contributed by atoms with Crippen LogP contribution in [0.3, 0.4) is 0 Å². The molecule has 11 nitrogen and oxygen atoms in total. The van der Waals surface area contributed by atoms with Gasteiger partial charge in [-0.25, -0.2) is 0 Å². The van der Waals surface area contributed by atoms with Gasteiger partial charge in [0.25, 0.3) is 5.91 Å². The molecule has 0 unspecified atom stereocenters. The highest BCUT2D eigenvalue weighted by Crippen LogP contribution is 2.32. The van der Waals surface area contributed by atoms with E-state index in [1.54, 1.807) is 35.5 Å². The van der Waals surface area contributed by atoms with Crippen LogP contribution in [-0.2, 0) is 38.2 Å². The van der Waals surface area contributed by atoms with Crippen LogP contribution in [0.1, 0.15) is 70.5 Å². The Labute approximate surface area is 326 Å². The first-order valence-corrected chi connectivity index (χ1v) is 19.6. The molecule has 0 saturated carbocycles. The number of aromatic nitrogens is 1. The van der Waals surface area contributed by atoms with Crippen molar-refractivity contribution in [2.45, 2.75) is 52.4 Å². The smallest absolute Gasteiger partial charge is 0.255 e. The first kappa shape index (κ1) is 43.1. The number of pyridine rings is 1. The van der Waals surface area contributed by atoms with Gasteiger partial charge in [0.15, 0.2) is 0 Å². The molecular formula is C44H59N5O6. The van der Waals surface area contributed by atoms with Gasteiger partial charge in [0.05, 0.1) is 57.6 Å². The predicted molar refractivity (Wildman–Crippen MR) is 220 cm³/mol. The van der Waals surface area contributed by atoms with Crippen molar-refractivity contribution in [1.29, 1.82) is 0 Å². The zero-order valence-corrected chi connectivity index (χ0v) is 32.6. The molecule has 11 heteroatoms. The highest BCUT2D eigenvalue weighted by Gasteiger charge is 2.16. The summed E-state index contributed by atoms with van der Waals surface area (Å²) in [5.74, 6) is -0.776. The number of rotatable bonds is 22. The van der Waals surface area contributed by atoms with E-state index in [2.05, 4.69) is 53.3 Å². The average molecular weight is 754 g/mol. The molecule has 1 heterocycles. The van der Waals surface area contributed by atoms with Gasteiger partial charge < -0.3 is 40.6 Å². The molecule has 1 aliphatic rings. The second-order valence-corrected chi connectivity index (χ2v) is 13.2. The van der Waals surface area contributed by atoms with E-state index in [-0.39, 0.29) is 5.91 Å². The molecule has 0 spiro atoms. The molecule has 5 rings (SSSR count). The van der Waals surface area contributed by atoms with Crippen LogP contribution in [0.2, 0.25) is 0 Å². The van der Waals surface area contributed by atoms with E-state index in [1.165, 1.54) is 25.7 Å². The number of benzene rings is 3. The summed E-state index contributed by atoms with van der Waals surface area (Å²) in [5, 5.41) is 3.05. The summed E-state index contributed by atoms with van der Waals surface area (Å²) in [5.41, 5.74) is 18.8. The number of nitrogens with zero attached hydrogens (tertiary/aromatic N) is 2. The van der Waals surface area contributed by atoms with E-state index < -0.39 is 5.91 Å². The SMILES string of the molecule is CCN(CC)c1ccc(NC(=O)c2cccc(CCCOCCOCCOCCOCCN)c2)c(-c2cc(C(N)=O)ccn2)c1.c1ccc2c(c1)CCCC2. The number of hydrogen-bond donors (Lipinski definition) is 3. The van der Waals surface area contributed by atoms with E-state index in [9.17, 15) is 9.59 Å². The van der Waals surface area contributed by atoms with Crippen LogP contribution >= 0.6 is 0 Å². The van der Waals surface area contributed by atoms with Crippen molar-refractivity contribution in [1.82, 2.24) is 4.98 Å². The number of primary amides is 1. The fourth-order valence-electron chi connectivity index (χ4n) is 6.33. The molecule has 0 bridgehead atoms. The van der Waals surface area contributed by atoms with Crippen LogP contribution in [0, 0.1) is 0 Å². The highest BCUT2D eigenvalue weighted by atomic mass is 16.6. The Hall–Kier alpha value is -4.65. The molecule has 0 aliphatic heterocycles. The van der Waals surface area contributed by atoms with Crippen molar-refractivity contribution in [2.24, 2.45) is 11.5 Å². The molecule has 3 aromatic carbocycles. The number of fused-ring (bicyclic) bond motifs is 1. The van der Waals surface area contributed by atoms with Gasteiger partial charge in [-0.15, -0.1) is 0 Å². The third-order valence-electron chi connectivity index (χ3n) is 9.28. The number of anilines is 2. The quantitative estimate of drug-likeness (QED) is 0.0768. The Balaban J connectivity index is 0.000000574. The fraction of sp³-hybridized carbons (Fsp3) is 0.432. The Morgan fingerprint density at radius 2 is 1.36 bits per heavy atom. The second kappa shape index (κ2) is 24.7. The molecule has 1 aromatic heterocycles. The van der Waals surface area contributed by atoms with Crippen LogP contribution in [0.4, 0.5) is 11.4 Å².